The quantitative estimate of drug-likeness (QED) is 0.223. The molecule has 0 amide bonds. The average Bonchev–Trinajstić information content (AvgIpc) is 3.34. The number of hydrogen-bond donors (Lipinski definition) is 1. The molecule has 6 nitrogen and oxygen atoms in total. The van der Waals surface area contributed by atoms with Crippen LogP contribution in [0, 0.1) is 18.9 Å². The number of nitrogen functional groups attached to an aromatic ring is 1. The number of fused-ring (bicyclic) bond motifs is 2. The minimum atomic E-state index is 0. The van der Waals surface area contributed by atoms with Crippen LogP contribution < -0.4 is 5.73 Å². The van der Waals surface area contributed by atoms with Gasteiger partial charge in [-0.1, -0.05) is 48.9 Å². The molecule has 2 N–H and O–H groups in total. The number of anilines is 1. The molecule has 1 aliphatic carbocycles. The van der Waals surface area contributed by atoms with Gasteiger partial charge in [0.15, 0.2) is 0 Å². The fraction of sp³-hybridized carbons (Fsp3) is 0.344. The van der Waals surface area contributed by atoms with Crippen molar-refractivity contribution in [1.29, 1.82) is 0 Å². The van der Waals surface area contributed by atoms with Crippen LogP contribution in [0.3, 0.4) is 0 Å². The van der Waals surface area contributed by atoms with Crippen LogP contribution >= 0.6 is 0 Å². The zero-order valence-corrected chi connectivity index (χ0v) is 25.9. The largest absolute Gasteiger partial charge is 0.383 e. The van der Waals surface area contributed by atoms with Gasteiger partial charge in [-0.15, -0.1) is 23.6 Å². The van der Waals surface area contributed by atoms with E-state index in [1.807, 2.05) is 24.3 Å². The summed E-state index contributed by atoms with van der Waals surface area (Å²) in [5.74, 6) is 1.29. The molecule has 197 valence electrons. The Bertz CT molecular complexity index is 1590. The molecule has 5 aromatic rings. The normalized spacial score (nSPS) is 17.5. The van der Waals surface area contributed by atoms with Crippen molar-refractivity contribution in [1.82, 2.24) is 24.4 Å². The first kappa shape index (κ1) is 27.9. The summed E-state index contributed by atoms with van der Waals surface area (Å²) in [5, 5.41) is 1.94. The van der Waals surface area contributed by atoms with Crippen LogP contribution in [0.2, 0.25) is 0 Å². The van der Waals surface area contributed by atoms with Crippen molar-refractivity contribution < 1.29 is 32.7 Å². The van der Waals surface area contributed by atoms with Gasteiger partial charge in [0.25, 0.3) is 0 Å². The standard InChI is InChI=1S/C32H35N6.Y/c1-4-37(3)18-22-10-14-25(15-11-22)38-19-27(29-31(33)34-20-35-32(29)38)26-16-12-24-13-17-28(36-30(24)21(26)2)23-8-6-5-7-9-23;/h5-9,12,16-17,19-20,22,25H,4,10-11,14-15,18H2,1-3H3,(H2,33,34,35);/q-1;. The maximum absolute atomic E-state index is 6.50. The van der Waals surface area contributed by atoms with Crippen molar-refractivity contribution in [2.24, 2.45) is 5.92 Å². The van der Waals surface area contributed by atoms with Gasteiger partial charge in [-0.05, 0) is 74.5 Å². The first-order valence-corrected chi connectivity index (χ1v) is 13.7. The summed E-state index contributed by atoms with van der Waals surface area (Å²) in [4.78, 5) is 16.6. The van der Waals surface area contributed by atoms with Crippen molar-refractivity contribution in [2.45, 2.75) is 45.6 Å². The third kappa shape index (κ3) is 5.39. The van der Waals surface area contributed by atoms with Crippen molar-refractivity contribution >= 4 is 27.8 Å². The van der Waals surface area contributed by atoms with Gasteiger partial charge < -0.3 is 20.2 Å². The second-order valence-corrected chi connectivity index (χ2v) is 10.7. The molecule has 1 aliphatic rings. The summed E-state index contributed by atoms with van der Waals surface area (Å²) < 4.78 is 2.37. The second kappa shape index (κ2) is 11.8. The van der Waals surface area contributed by atoms with E-state index in [-0.39, 0.29) is 32.7 Å². The summed E-state index contributed by atoms with van der Waals surface area (Å²) in [7, 11) is 2.22. The van der Waals surface area contributed by atoms with E-state index in [0.29, 0.717) is 11.9 Å². The van der Waals surface area contributed by atoms with E-state index in [1.54, 1.807) is 6.33 Å². The zero-order chi connectivity index (χ0) is 26.2. The van der Waals surface area contributed by atoms with Crippen LogP contribution in [0.5, 0.6) is 0 Å². The van der Waals surface area contributed by atoms with E-state index in [9.17, 15) is 0 Å². The van der Waals surface area contributed by atoms with Gasteiger partial charge in [0, 0.05) is 57.1 Å². The first-order valence-electron chi connectivity index (χ1n) is 13.7. The van der Waals surface area contributed by atoms with Crippen molar-refractivity contribution in [2.75, 3.05) is 25.9 Å². The summed E-state index contributed by atoms with van der Waals surface area (Å²) in [6.45, 7) is 6.66. The monoisotopic (exact) mass is 592 g/mol. The summed E-state index contributed by atoms with van der Waals surface area (Å²) >= 11 is 0. The fourth-order valence-corrected chi connectivity index (χ4v) is 6.07. The van der Waals surface area contributed by atoms with Crippen LogP contribution in [0.15, 0.2) is 61.1 Å². The van der Waals surface area contributed by atoms with Crippen LogP contribution in [0.1, 0.15) is 44.2 Å². The van der Waals surface area contributed by atoms with Gasteiger partial charge in [-0.3, -0.25) is 0 Å². The number of nitrogens with two attached hydrogens (primary N) is 1. The number of rotatable bonds is 6. The molecule has 0 saturated heterocycles. The molecule has 3 aromatic heterocycles. The van der Waals surface area contributed by atoms with E-state index in [4.69, 9.17) is 15.7 Å². The summed E-state index contributed by atoms with van der Waals surface area (Å²) in [5.41, 5.74) is 13.7. The van der Waals surface area contributed by atoms with Gasteiger partial charge >= 0.3 is 0 Å². The topological polar surface area (TPSA) is 72.9 Å². The molecule has 3 heterocycles. The van der Waals surface area contributed by atoms with Crippen molar-refractivity contribution in [3.05, 3.63) is 72.7 Å². The summed E-state index contributed by atoms with van der Waals surface area (Å²) in [6.07, 6.45) is 8.64. The molecule has 2 aromatic carbocycles. The van der Waals surface area contributed by atoms with Gasteiger partial charge in [-0.2, -0.15) is 0 Å². The van der Waals surface area contributed by atoms with Crippen LogP contribution in [0.25, 0.3) is 44.3 Å². The molecule has 0 unspecified atom stereocenters. The van der Waals surface area contributed by atoms with E-state index >= 15 is 0 Å². The molecule has 6 rings (SSSR count). The number of benzene rings is 2. The Labute approximate surface area is 255 Å². The summed E-state index contributed by atoms with van der Waals surface area (Å²) in [6, 6.07) is 20.4. The van der Waals surface area contributed by atoms with Gasteiger partial charge in [-0.25, -0.2) is 9.97 Å². The molecule has 7 heteroatoms. The Morgan fingerprint density at radius 1 is 1.03 bits per heavy atom. The number of aromatic nitrogens is 4. The zero-order valence-electron chi connectivity index (χ0n) is 23.1. The third-order valence-electron chi connectivity index (χ3n) is 8.35. The molecule has 0 aliphatic heterocycles. The van der Waals surface area contributed by atoms with Crippen molar-refractivity contribution in [3.8, 4) is 22.4 Å². The van der Waals surface area contributed by atoms with Crippen LogP contribution in [-0.4, -0.2) is 44.6 Å². The predicted octanol–water partition coefficient (Wildman–Crippen LogP) is 6.68. The smallest absolute Gasteiger partial charge is 0.146 e. The van der Waals surface area contributed by atoms with Crippen molar-refractivity contribution in [3.63, 3.8) is 0 Å². The van der Waals surface area contributed by atoms with Crippen LogP contribution in [0.4, 0.5) is 5.82 Å². The fourth-order valence-electron chi connectivity index (χ4n) is 6.07. The molecule has 1 saturated carbocycles. The van der Waals surface area contributed by atoms with E-state index in [1.165, 1.54) is 19.4 Å². The van der Waals surface area contributed by atoms with E-state index in [0.717, 1.165) is 75.2 Å². The van der Waals surface area contributed by atoms with E-state index in [2.05, 4.69) is 71.9 Å². The van der Waals surface area contributed by atoms with Gasteiger partial charge in [0.1, 0.15) is 17.8 Å². The Hall–Kier alpha value is -2.67. The van der Waals surface area contributed by atoms with Gasteiger partial charge in [0.2, 0.25) is 0 Å². The SMILES string of the molecule is CCN(C)CC1CCC(n2cc(-c3ccc4[c-]cc(-c5ccccc5)nc4c3C)c3c(N)ncnc32)CC1.[Y]. The molecule has 1 radical (unpaired) electrons. The minimum Gasteiger partial charge on any atom is -0.383 e. The molecule has 0 spiro atoms. The molecule has 0 atom stereocenters. The van der Waals surface area contributed by atoms with Crippen LogP contribution in [-0.2, 0) is 32.7 Å². The molecule has 0 bridgehead atoms. The second-order valence-electron chi connectivity index (χ2n) is 10.7. The number of pyridine rings is 1. The predicted molar refractivity (Wildman–Crippen MR) is 156 cm³/mol. The first-order chi connectivity index (χ1) is 18.5. The number of nitrogens with zero attached hydrogens (tertiary/aromatic N) is 5. The Morgan fingerprint density at radius 2 is 1.79 bits per heavy atom. The van der Waals surface area contributed by atoms with E-state index < -0.39 is 0 Å². The Morgan fingerprint density at radius 3 is 2.54 bits per heavy atom. The Kier molecular flexibility index (Phi) is 8.46. The third-order valence-corrected chi connectivity index (χ3v) is 8.35. The van der Waals surface area contributed by atoms with Gasteiger partial charge in [0.05, 0.1) is 5.39 Å². The molecule has 1 fully saturated rings. The number of aryl methyl sites for hydroxylation is 1. The number of hydrogen-bond acceptors (Lipinski definition) is 5. The molecular weight excluding hydrogens is 557 g/mol. The maximum atomic E-state index is 6.50. The maximum Gasteiger partial charge on any atom is 0.146 e. The minimum absolute atomic E-state index is 0. The Balaban J connectivity index is 0.00000308. The molecular formula is C32H35N6Y-. The average molecular weight is 593 g/mol. The molecule has 39 heavy (non-hydrogen) atoms.